The molecule has 0 aliphatic heterocycles. The molecule has 1 atom stereocenters. The van der Waals surface area contributed by atoms with Crippen molar-refractivity contribution >= 4 is 12.6 Å². The highest BCUT2D eigenvalue weighted by atomic mass is 32.1. The number of thiol groups is 1. The summed E-state index contributed by atoms with van der Waals surface area (Å²) >= 11 is 4.18. The molecule has 0 fully saturated rings. The molecule has 0 saturated carbocycles. The summed E-state index contributed by atoms with van der Waals surface area (Å²) in [6.45, 7) is 2.22. The first-order valence-corrected chi connectivity index (χ1v) is 5.12. The normalized spacial score (nSPS) is 13.4. The Labute approximate surface area is 75.9 Å². The molecule has 0 aromatic rings. The van der Waals surface area contributed by atoms with Crippen molar-refractivity contribution in [2.75, 3.05) is 12.9 Å². The smallest absolute Gasteiger partial charge is 0.0579 e. The molecule has 0 N–H and O–H groups in total. The van der Waals surface area contributed by atoms with Gasteiger partial charge in [-0.3, -0.25) is 0 Å². The lowest BCUT2D eigenvalue weighted by Crippen LogP contribution is -2.10. The fourth-order valence-corrected chi connectivity index (χ4v) is 1.43. The summed E-state index contributed by atoms with van der Waals surface area (Å²) in [6, 6.07) is 0. The Kier molecular flexibility index (Phi) is 8.64. The number of hydrogen-bond donors (Lipinski definition) is 1. The van der Waals surface area contributed by atoms with Crippen LogP contribution in [-0.2, 0) is 4.74 Å². The third-order valence-electron chi connectivity index (χ3n) is 1.91. The maximum absolute atomic E-state index is 5.29. The van der Waals surface area contributed by atoms with Gasteiger partial charge in [0.1, 0.15) is 0 Å². The molecule has 0 saturated heterocycles. The average molecular weight is 176 g/mol. The standard InChI is InChI=1S/C9H20OS/c1-3-4-5-6-9(10-2)7-8-11/h9,11H,3-8H2,1-2H3. The first-order valence-electron chi connectivity index (χ1n) is 4.48. The van der Waals surface area contributed by atoms with E-state index in [4.69, 9.17) is 4.74 Å². The van der Waals surface area contributed by atoms with E-state index in [-0.39, 0.29) is 0 Å². The highest BCUT2D eigenvalue weighted by molar-refractivity contribution is 7.80. The molecule has 0 aromatic heterocycles. The molecule has 0 amide bonds. The molecule has 0 aromatic carbocycles. The van der Waals surface area contributed by atoms with Crippen molar-refractivity contribution in [2.24, 2.45) is 0 Å². The van der Waals surface area contributed by atoms with Crippen LogP contribution in [0, 0.1) is 0 Å². The summed E-state index contributed by atoms with van der Waals surface area (Å²) in [4.78, 5) is 0. The van der Waals surface area contributed by atoms with Gasteiger partial charge < -0.3 is 4.74 Å². The molecule has 1 nitrogen and oxygen atoms in total. The summed E-state index contributed by atoms with van der Waals surface area (Å²) in [5, 5.41) is 0. The number of unbranched alkanes of at least 4 members (excludes halogenated alkanes) is 2. The van der Waals surface area contributed by atoms with Crippen LogP contribution in [0.2, 0.25) is 0 Å². The van der Waals surface area contributed by atoms with Crippen LogP contribution in [0.1, 0.15) is 39.0 Å². The van der Waals surface area contributed by atoms with Gasteiger partial charge >= 0.3 is 0 Å². The Morgan fingerprint density at radius 3 is 2.45 bits per heavy atom. The van der Waals surface area contributed by atoms with Crippen molar-refractivity contribution < 1.29 is 4.74 Å². The van der Waals surface area contributed by atoms with Crippen molar-refractivity contribution in [3.05, 3.63) is 0 Å². The third kappa shape index (κ3) is 6.70. The van der Waals surface area contributed by atoms with E-state index in [0.29, 0.717) is 6.10 Å². The molecule has 0 bridgehead atoms. The Morgan fingerprint density at radius 1 is 1.27 bits per heavy atom. The zero-order chi connectivity index (χ0) is 8.53. The van der Waals surface area contributed by atoms with E-state index in [1.54, 1.807) is 7.11 Å². The van der Waals surface area contributed by atoms with E-state index in [1.165, 1.54) is 25.7 Å². The van der Waals surface area contributed by atoms with E-state index in [1.807, 2.05) is 0 Å². The average Bonchev–Trinajstić information content (AvgIpc) is 2.03. The Bertz CT molecular complexity index is 76.0. The lowest BCUT2D eigenvalue weighted by molar-refractivity contribution is 0.0909. The molecular formula is C9H20OS. The van der Waals surface area contributed by atoms with Crippen LogP contribution >= 0.6 is 12.6 Å². The zero-order valence-electron chi connectivity index (χ0n) is 7.68. The van der Waals surface area contributed by atoms with E-state index < -0.39 is 0 Å². The van der Waals surface area contributed by atoms with Crippen LogP contribution in [-0.4, -0.2) is 19.0 Å². The number of rotatable bonds is 7. The number of hydrogen-bond acceptors (Lipinski definition) is 2. The van der Waals surface area contributed by atoms with Crippen molar-refractivity contribution in [3.8, 4) is 0 Å². The van der Waals surface area contributed by atoms with Gasteiger partial charge in [0.25, 0.3) is 0 Å². The summed E-state index contributed by atoms with van der Waals surface area (Å²) in [5.74, 6) is 0.935. The van der Waals surface area contributed by atoms with Gasteiger partial charge in [0.2, 0.25) is 0 Å². The molecule has 0 aliphatic rings. The molecule has 68 valence electrons. The molecule has 0 aliphatic carbocycles. The Balaban J connectivity index is 3.20. The van der Waals surface area contributed by atoms with Crippen molar-refractivity contribution in [1.29, 1.82) is 0 Å². The highest BCUT2D eigenvalue weighted by Crippen LogP contribution is 2.09. The van der Waals surface area contributed by atoms with Crippen LogP contribution in [0.3, 0.4) is 0 Å². The first kappa shape index (κ1) is 11.3. The fourth-order valence-electron chi connectivity index (χ4n) is 1.15. The van der Waals surface area contributed by atoms with Crippen LogP contribution in [0.5, 0.6) is 0 Å². The topological polar surface area (TPSA) is 9.23 Å². The molecule has 1 unspecified atom stereocenters. The maximum Gasteiger partial charge on any atom is 0.0579 e. The van der Waals surface area contributed by atoms with Crippen molar-refractivity contribution in [2.45, 2.75) is 45.1 Å². The van der Waals surface area contributed by atoms with Gasteiger partial charge in [-0.1, -0.05) is 26.2 Å². The molecule has 0 radical (unpaired) electrons. The second-order valence-corrected chi connectivity index (χ2v) is 3.31. The molecule has 0 rings (SSSR count). The quantitative estimate of drug-likeness (QED) is 0.463. The van der Waals surface area contributed by atoms with Gasteiger partial charge in [-0.2, -0.15) is 12.6 Å². The van der Waals surface area contributed by atoms with Crippen LogP contribution in [0.15, 0.2) is 0 Å². The molecule has 0 spiro atoms. The van der Waals surface area contributed by atoms with E-state index >= 15 is 0 Å². The minimum Gasteiger partial charge on any atom is -0.381 e. The second-order valence-electron chi connectivity index (χ2n) is 2.87. The minimum absolute atomic E-state index is 0.444. The summed E-state index contributed by atoms with van der Waals surface area (Å²) in [7, 11) is 1.79. The number of methoxy groups -OCH3 is 1. The summed E-state index contributed by atoms with van der Waals surface area (Å²) < 4.78 is 5.29. The SMILES string of the molecule is CCCCCC(CCS)OC. The molecular weight excluding hydrogens is 156 g/mol. The summed E-state index contributed by atoms with van der Waals surface area (Å²) in [5.41, 5.74) is 0. The largest absolute Gasteiger partial charge is 0.381 e. The second kappa shape index (κ2) is 8.41. The van der Waals surface area contributed by atoms with Gasteiger partial charge in [-0.05, 0) is 18.6 Å². The number of ether oxygens (including phenoxy) is 1. The first-order chi connectivity index (χ1) is 5.35. The Hall–Kier alpha value is 0.310. The monoisotopic (exact) mass is 176 g/mol. The van der Waals surface area contributed by atoms with E-state index in [0.717, 1.165) is 12.2 Å². The lowest BCUT2D eigenvalue weighted by Gasteiger charge is -2.12. The predicted molar refractivity (Wildman–Crippen MR) is 53.4 cm³/mol. The maximum atomic E-state index is 5.29. The third-order valence-corrected chi connectivity index (χ3v) is 2.17. The molecule has 2 heteroatoms. The predicted octanol–water partition coefficient (Wildman–Crippen LogP) is 2.90. The van der Waals surface area contributed by atoms with Crippen LogP contribution in [0.25, 0.3) is 0 Å². The zero-order valence-corrected chi connectivity index (χ0v) is 8.57. The summed E-state index contributed by atoms with van der Waals surface area (Å²) in [6.07, 6.45) is 6.64. The van der Waals surface area contributed by atoms with Crippen molar-refractivity contribution in [1.82, 2.24) is 0 Å². The molecule has 0 heterocycles. The van der Waals surface area contributed by atoms with Crippen LogP contribution < -0.4 is 0 Å². The Morgan fingerprint density at radius 2 is 2.00 bits per heavy atom. The van der Waals surface area contributed by atoms with Gasteiger partial charge in [0.15, 0.2) is 0 Å². The van der Waals surface area contributed by atoms with E-state index in [2.05, 4.69) is 19.6 Å². The van der Waals surface area contributed by atoms with Gasteiger partial charge in [-0.25, -0.2) is 0 Å². The fraction of sp³-hybridized carbons (Fsp3) is 1.00. The lowest BCUT2D eigenvalue weighted by atomic mass is 10.1. The van der Waals surface area contributed by atoms with Gasteiger partial charge in [0, 0.05) is 7.11 Å². The van der Waals surface area contributed by atoms with Crippen LogP contribution in [0.4, 0.5) is 0 Å². The highest BCUT2D eigenvalue weighted by Gasteiger charge is 2.04. The van der Waals surface area contributed by atoms with Crippen molar-refractivity contribution in [3.63, 3.8) is 0 Å². The van der Waals surface area contributed by atoms with Gasteiger partial charge in [-0.15, -0.1) is 0 Å². The van der Waals surface area contributed by atoms with E-state index in [9.17, 15) is 0 Å². The molecule has 11 heavy (non-hydrogen) atoms. The minimum atomic E-state index is 0.444. The van der Waals surface area contributed by atoms with Gasteiger partial charge in [0.05, 0.1) is 6.10 Å².